The van der Waals surface area contributed by atoms with Crippen LogP contribution in [-0.2, 0) is 19.6 Å². The minimum absolute atomic E-state index is 0.0188. The van der Waals surface area contributed by atoms with E-state index in [-0.39, 0.29) is 5.82 Å². The summed E-state index contributed by atoms with van der Waals surface area (Å²) in [4.78, 5) is 31.0. The Labute approximate surface area is 283 Å². The average molecular weight is 664 g/mol. The number of aliphatic hydroxyl groups is 1. The number of hydrogen-bond donors (Lipinski definition) is 2. The number of hydrogen-bond acceptors (Lipinski definition) is 10. The number of aromatic nitrogens is 2. The van der Waals surface area contributed by atoms with Crippen molar-refractivity contribution in [1.82, 2.24) is 9.55 Å². The van der Waals surface area contributed by atoms with Crippen molar-refractivity contribution < 1.29 is 33.6 Å². The van der Waals surface area contributed by atoms with E-state index in [0.717, 1.165) is 21.3 Å². The summed E-state index contributed by atoms with van der Waals surface area (Å²) < 4.78 is 31.4. The third-order valence-corrected chi connectivity index (χ3v) is 8.94. The van der Waals surface area contributed by atoms with E-state index in [4.69, 9.17) is 29.4 Å². The van der Waals surface area contributed by atoms with Crippen LogP contribution in [0.25, 0.3) is 0 Å². The molecule has 1 aromatic heterocycles. The smallest absolute Gasteiger partial charge is 0.351 e. The van der Waals surface area contributed by atoms with E-state index >= 15 is 0 Å². The van der Waals surface area contributed by atoms with Gasteiger partial charge in [-0.1, -0.05) is 72.8 Å². The number of rotatable bonds is 11. The summed E-state index contributed by atoms with van der Waals surface area (Å²) >= 11 is 0. The molecule has 0 aliphatic carbocycles. The van der Waals surface area contributed by atoms with E-state index in [2.05, 4.69) is 4.98 Å². The Morgan fingerprint density at radius 2 is 1.35 bits per heavy atom. The van der Waals surface area contributed by atoms with Gasteiger partial charge in [0, 0.05) is 13.3 Å². The fourth-order valence-corrected chi connectivity index (χ4v) is 6.60. The molecule has 0 spiro atoms. The highest BCUT2D eigenvalue weighted by Crippen LogP contribution is 2.49. The molecule has 0 bridgehead atoms. The zero-order chi connectivity index (χ0) is 34.5. The Bertz CT molecular complexity index is 1870. The number of aliphatic hydroxyl groups excluding tert-OH is 1. The van der Waals surface area contributed by atoms with Gasteiger partial charge < -0.3 is 34.5 Å². The predicted molar refractivity (Wildman–Crippen MR) is 182 cm³/mol. The van der Waals surface area contributed by atoms with Crippen LogP contribution in [0, 0.1) is 0 Å². The maximum atomic E-state index is 14.2. The predicted octanol–water partition coefficient (Wildman–Crippen LogP) is 4.38. The first-order chi connectivity index (χ1) is 23.8. The highest BCUT2D eigenvalue weighted by atomic mass is 16.6. The number of esters is 1. The largest absolute Gasteiger partial charge is 0.497 e. The second kappa shape index (κ2) is 14.3. The minimum Gasteiger partial charge on any atom is -0.497 e. The molecule has 1 fully saturated rings. The molecule has 11 nitrogen and oxygen atoms in total. The van der Waals surface area contributed by atoms with Crippen LogP contribution in [0.3, 0.4) is 0 Å². The van der Waals surface area contributed by atoms with Gasteiger partial charge in [0.05, 0.1) is 25.2 Å². The lowest BCUT2D eigenvalue weighted by Gasteiger charge is -2.45. The van der Waals surface area contributed by atoms with Crippen LogP contribution >= 0.6 is 0 Å². The Morgan fingerprint density at radius 1 is 0.816 bits per heavy atom. The molecule has 49 heavy (non-hydrogen) atoms. The number of nitrogens with two attached hydrogens (primary N) is 1. The summed E-state index contributed by atoms with van der Waals surface area (Å²) in [6.07, 6.45) is -4.68. The first kappa shape index (κ1) is 33.4. The average Bonchev–Trinajstić information content (AvgIpc) is 3.47. The molecule has 1 saturated heterocycles. The van der Waals surface area contributed by atoms with Gasteiger partial charge in [0.1, 0.15) is 41.7 Å². The van der Waals surface area contributed by atoms with Gasteiger partial charge in [-0.15, -0.1) is 0 Å². The molecule has 252 valence electrons. The maximum absolute atomic E-state index is 14.2. The number of methoxy groups -OCH3 is 3. The minimum atomic E-state index is -1.38. The molecule has 5 atom stereocenters. The zero-order valence-electron chi connectivity index (χ0n) is 27.2. The van der Waals surface area contributed by atoms with Gasteiger partial charge in [0.25, 0.3) is 0 Å². The maximum Gasteiger partial charge on any atom is 0.351 e. The summed E-state index contributed by atoms with van der Waals surface area (Å²) in [5.41, 5.74) is 6.24. The third kappa shape index (κ3) is 6.27. The molecule has 4 aromatic carbocycles. The van der Waals surface area contributed by atoms with E-state index in [9.17, 15) is 14.7 Å². The molecule has 0 amide bonds. The lowest BCUT2D eigenvalue weighted by atomic mass is 9.63. The Balaban J connectivity index is 1.64. The van der Waals surface area contributed by atoms with Gasteiger partial charge in [0.2, 0.25) is 0 Å². The SMILES string of the molecule is COc1ccc(C(c2ccccc2)(c2ccc(OC)cc2)C(OC(=O)c2ccccc2)[C@H]2O[C@@H](n3ccc(N)nc3=O)[C@H](O)[C@@H]2OC)cc1. The molecular formula is C38H37N3O8. The van der Waals surface area contributed by atoms with Crippen molar-refractivity contribution in [1.29, 1.82) is 0 Å². The van der Waals surface area contributed by atoms with Crippen molar-refractivity contribution >= 4 is 11.8 Å². The summed E-state index contributed by atoms with van der Waals surface area (Å²) in [6.45, 7) is 0. The number of carbonyl (C=O) groups excluding carboxylic acids is 1. The van der Waals surface area contributed by atoms with Gasteiger partial charge in [-0.3, -0.25) is 4.57 Å². The van der Waals surface area contributed by atoms with Crippen molar-refractivity contribution in [2.75, 3.05) is 27.1 Å². The van der Waals surface area contributed by atoms with Crippen LogP contribution in [0.15, 0.2) is 126 Å². The van der Waals surface area contributed by atoms with Crippen LogP contribution in [0.4, 0.5) is 5.82 Å². The molecular weight excluding hydrogens is 626 g/mol. The van der Waals surface area contributed by atoms with E-state index in [1.54, 1.807) is 44.6 Å². The van der Waals surface area contributed by atoms with Crippen molar-refractivity contribution in [2.24, 2.45) is 0 Å². The molecule has 1 aliphatic rings. The van der Waals surface area contributed by atoms with Crippen molar-refractivity contribution in [3.8, 4) is 11.5 Å². The number of ether oxygens (including phenoxy) is 5. The number of anilines is 1. The topological polar surface area (TPSA) is 144 Å². The molecule has 1 unspecified atom stereocenters. The summed E-state index contributed by atoms with van der Waals surface area (Å²) in [5, 5.41) is 11.7. The molecule has 1 aliphatic heterocycles. The molecule has 11 heteroatoms. The molecule has 6 rings (SSSR count). The Morgan fingerprint density at radius 3 is 1.86 bits per heavy atom. The Hall–Kier alpha value is -5.49. The van der Waals surface area contributed by atoms with Crippen LogP contribution in [0.2, 0.25) is 0 Å². The van der Waals surface area contributed by atoms with Crippen LogP contribution in [0.1, 0.15) is 33.3 Å². The van der Waals surface area contributed by atoms with Gasteiger partial charge in [-0.25, -0.2) is 9.59 Å². The first-order valence-electron chi connectivity index (χ1n) is 15.6. The third-order valence-electron chi connectivity index (χ3n) is 8.94. The number of nitrogen functional groups attached to an aromatic ring is 1. The zero-order valence-corrected chi connectivity index (χ0v) is 27.2. The molecule has 0 saturated carbocycles. The van der Waals surface area contributed by atoms with Gasteiger partial charge in [-0.05, 0) is 59.2 Å². The van der Waals surface area contributed by atoms with Crippen molar-refractivity contribution in [2.45, 2.75) is 36.1 Å². The lowest BCUT2D eigenvalue weighted by molar-refractivity contribution is -0.109. The number of benzene rings is 4. The quantitative estimate of drug-likeness (QED) is 0.154. The molecule has 0 radical (unpaired) electrons. The van der Waals surface area contributed by atoms with Crippen molar-refractivity contribution in [3.63, 3.8) is 0 Å². The summed E-state index contributed by atoms with van der Waals surface area (Å²) in [5.74, 6) is 0.632. The van der Waals surface area contributed by atoms with Gasteiger partial charge in [-0.2, -0.15) is 4.98 Å². The van der Waals surface area contributed by atoms with Gasteiger partial charge in [0.15, 0.2) is 6.23 Å². The Kier molecular flexibility index (Phi) is 9.77. The van der Waals surface area contributed by atoms with E-state index in [0.29, 0.717) is 17.1 Å². The van der Waals surface area contributed by atoms with Gasteiger partial charge >= 0.3 is 11.7 Å². The first-order valence-corrected chi connectivity index (χ1v) is 15.6. The molecule has 3 N–H and O–H groups in total. The fraction of sp³-hybridized carbons (Fsp3) is 0.237. The summed E-state index contributed by atoms with van der Waals surface area (Å²) in [7, 11) is 4.59. The lowest BCUT2D eigenvalue weighted by Crippen LogP contribution is -2.55. The number of nitrogens with zero attached hydrogens (tertiary/aromatic N) is 2. The molecule has 5 aromatic rings. The van der Waals surface area contributed by atoms with Crippen LogP contribution < -0.4 is 20.9 Å². The summed E-state index contributed by atoms with van der Waals surface area (Å²) in [6, 6.07) is 34.5. The van der Waals surface area contributed by atoms with E-state index < -0.39 is 47.7 Å². The van der Waals surface area contributed by atoms with Crippen LogP contribution in [0.5, 0.6) is 11.5 Å². The molecule has 2 heterocycles. The second-order valence-electron chi connectivity index (χ2n) is 11.5. The fourth-order valence-electron chi connectivity index (χ4n) is 6.60. The van der Waals surface area contributed by atoms with Crippen LogP contribution in [-0.4, -0.2) is 66.4 Å². The highest BCUT2D eigenvalue weighted by molar-refractivity contribution is 5.89. The second-order valence-corrected chi connectivity index (χ2v) is 11.5. The monoisotopic (exact) mass is 663 g/mol. The standard InChI is InChI=1S/C38H37N3O8/c1-45-28-18-14-26(15-19-28)38(25-12-8-5-9-13-25,27-16-20-29(46-2)21-17-27)34(49-36(43)24-10-6-4-7-11-24)33-32(47-3)31(42)35(48-33)41-23-22-30(39)40-37(41)44/h4-23,31-35,42H,1-3H3,(H2,39,40,44)/t31-,32+,33+,34?,35-/m1/s1. The van der Waals surface area contributed by atoms with E-state index in [1.807, 2.05) is 78.9 Å². The highest BCUT2D eigenvalue weighted by Gasteiger charge is 2.58. The van der Waals surface area contributed by atoms with E-state index in [1.165, 1.54) is 19.4 Å². The normalized spacial score (nSPS) is 19.6. The number of carbonyl (C=O) groups is 1. The van der Waals surface area contributed by atoms with Crippen molar-refractivity contribution in [3.05, 3.63) is 154 Å².